The van der Waals surface area contributed by atoms with Crippen LogP contribution in [-0.2, 0) is 23.1 Å². The average Bonchev–Trinajstić information content (AvgIpc) is 2.82. The molecule has 0 unspecified atom stereocenters. The Labute approximate surface area is 117 Å². The summed E-state index contributed by atoms with van der Waals surface area (Å²) >= 11 is 1.57. The molecule has 0 amide bonds. The minimum absolute atomic E-state index is 0.262. The normalized spacial score (nSPS) is 11.7. The zero-order valence-electron chi connectivity index (χ0n) is 10.6. The maximum Gasteiger partial charge on any atom is 0.240 e. The van der Waals surface area contributed by atoms with E-state index in [1.807, 2.05) is 17.7 Å². The van der Waals surface area contributed by atoms with Crippen molar-refractivity contribution >= 4 is 21.4 Å². The molecule has 19 heavy (non-hydrogen) atoms. The first-order valence-electron chi connectivity index (χ1n) is 5.83. The summed E-state index contributed by atoms with van der Waals surface area (Å²) in [6.07, 6.45) is 0. The second-order valence-electron chi connectivity index (χ2n) is 4.25. The number of aryl methyl sites for hydroxylation is 1. The van der Waals surface area contributed by atoms with Gasteiger partial charge in [0.1, 0.15) is 0 Å². The average molecular weight is 296 g/mol. The van der Waals surface area contributed by atoms with E-state index in [4.69, 9.17) is 5.73 Å². The van der Waals surface area contributed by atoms with Crippen LogP contribution in [0.15, 0.2) is 39.9 Å². The van der Waals surface area contributed by atoms with Crippen molar-refractivity contribution in [3.05, 3.63) is 51.7 Å². The van der Waals surface area contributed by atoms with Crippen LogP contribution in [0.25, 0.3) is 0 Å². The third-order valence-electron chi connectivity index (χ3n) is 2.88. The van der Waals surface area contributed by atoms with Crippen molar-refractivity contribution < 1.29 is 8.42 Å². The quantitative estimate of drug-likeness (QED) is 0.886. The Kier molecular flexibility index (Phi) is 4.36. The molecule has 1 aromatic carbocycles. The Morgan fingerprint density at radius 2 is 1.89 bits per heavy atom. The molecule has 1 heterocycles. The van der Waals surface area contributed by atoms with E-state index in [1.54, 1.807) is 35.6 Å². The maximum absolute atomic E-state index is 12.1. The minimum Gasteiger partial charge on any atom is -0.326 e. The molecule has 0 saturated heterocycles. The van der Waals surface area contributed by atoms with Gasteiger partial charge in [-0.2, -0.15) is 11.3 Å². The summed E-state index contributed by atoms with van der Waals surface area (Å²) in [5, 5.41) is 3.95. The number of nitrogens with two attached hydrogens (primary N) is 1. The third kappa shape index (κ3) is 3.42. The molecule has 0 aliphatic rings. The predicted octanol–water partition coefficient (Wildman–Crippen LogP) is 1.99. The van der Waals surface area contributed by atoms with E-state index in [9.17, 15) is 8.42 Å². The molecule has 2 rings (SSSR count). The fourth-order valence-electron chi connectivity index (χ4n) is 1.63. The van der Waals surface area contributed by atoms with Gasteiger partial charge in [-0.25, -0.2) is 13.1 Å². The van der Waals surface area contributed by atoms with Crippen molar-refractivity contribution in [1.82, 2.24) is 4.72 Å². The molecule has 0 radical (unpaired) electrons. The number of nitrogens with one attached hydrogen (secondary N) is 1. The monoisotopic (exact) mass is 296 g/mol. The third-order valence-corrected chi connectivity index (χ3v) is 5.21. The summed E-state index contributed by atoms with van der Waals surface area (Å²) < 4.78 is 26.8. The second-order valence-corrected chi connectivity index (χ2v) is 6.76. The summed E-state index contributed by atoms with van der Waals surface area (Å²) in [6, 6.07) is 6.60. The summed E-state index contributed by atoms with van der Waals surface area (Å²) in [5.41, 5.74) is 8.50. The number of thiophene rings is 1. The van der Waals surface area contributed by atoms with Gasteiger partial charge in [0.25, 0.3) is 0 Å². The molecule has 6 heteroatoms. The SMILES string of the molecule is Cc1cscc1CNS(=O)(=O)c1ccc(CN)cc1. The van der Waals surface area contributed by atoms with Gasteiger partial charge in [0.15, 0.2) is 0 Å². The van der Waals surface area contributed by atoms with Crippen molar-refractivity contribution in [2.75, 3.05) is 0 Å². The van der Waals surface area contributed by atoms with Crippen molar-refractivity contribution in [3.8, 4) is 0 Å². The summed E-state index contributed by atoms with van der Waals surface area (Å²) in [5.74, 6) is 0. The predicted molar refractivity (Wildman–Crippen MR) is 77.4 cm³/mol. The first kappa shape index (κ1) is 14.2. The van der Waals surface area contributed by atoms with E-state index in [1.165, 1.54) is 0 Å². The lowest BCUT2D eigenvalue weighted by atomic mass is 10.2. The van der Waals surface area contributed by atoms with Crippen LogP contribution >= 0.6 is 11.3 Å². The number of hydrogen-bond donors (Lipinski definition) is 2. The van der Waals surface area contributed by atoms with Crippen LogP contribution in [0.1, 0.15) is 16.7 Å². The fourth-order valence-corrected chi connectivity index (χ4v) is 3.49. The molecule has 0 aliphatic heterocycles. The van der Waals surface area contributed by atoms with Gasteiger partial charge in [-0.15, -0.1) is 0 Å². The summed E-state index contributed by atoms with van der Waals surface area (Å²) in [7, 11) is -3.46. The molecular weight excluding hydrogens is 280 g/mol. The molecule has 1 aromatic heterocycles. The van der Waals surface area contributed by atoms with E-state index in [2.05, 4.69) is 4.72 Å². The standard InChI is InChI=1S/C13H16N2O2S2/c1-10-8-18-9-12(10)7-15-19(16,17)13-4-2-11(6-14)3-5-13/h2-5,8-9,15H,6-7,14H2,1H3. The lowest BCUT2D eigenvalue weighted by Crippen LogP contribution is -2.23. The molecule has 3 N–H and O–H groups in total. The topological polar surface area (TPSA) is 72.2 Å². The molecule has 0 bridgehead atoms. The zero-order valence-corrected chi connectivity index (χ0v) is 12.2. The highest BCUT2D eigenvalue weighted by Gasteiger charge is 2.14. The van der Waals surface area contributed by atoms with Gasteiger partial charge >= 0.3 is 0 Å². The maximum atomic E-state index is 12.1. The Bertz CT molecular complexity index is 646. The molecule has 102 valence electrons. The largest absolute Gasteiger partial charge is 0.326 e. The van der Waals surface area contributed by atoms with Crippen molar-refractivity contribution in [2.24, 2.45) is 5.73 Å². The van der Waals surface area contributed by atoms with Crippen LogP contribution in [0.5, 0.6) is 0 Å². The van der Waals surface area contributed by atoms with E-state index in [0.29, 0.717) is 13.1 Å². The van der Waals surface area contributed by atoms with E-state index < -0.39 is 10.0 Å². The van der Waals surface area contributed by atoms with Crippen molar-refractivity contribution in [3.63, 3.8) is 0 Å². The van der Waals surface area contributed by atoms with Crippen LogP contribution in [-0.4, -0.2) is 8.42 Å². The zero-order chi connectivity index (χ0) is 13.9. The molecule has 0 atom stereocenters. The first-order chi connectivity index (χ1) is 9.03. The van der Waals surface area contributed by atoms with Gasteiger partial charge in [0, 0.05) is 13.1 Å². The highest BCUT2D eigenvalue weighted by Crippen LogP contribution is 2.15. The molecule has 0 saturated carbocycles. The van der Waals surface area contributed by atoms with Crippen LogP contribution in [0.2, 0.25) is 0 Å². The number of hydrogen-bond acceptors (Lipinski definition) is 4. The van der Waals surface area contributed by atoms with Crippen molar-refractivity contribution in [1.29, 1.82) is 0 Å². The van der Waals surface area contributed by atoms with Gasteiger partial charge in [-0.05, 0) is 46.5 Å². The highest BCUT2D eigenvalue weighted by molar-refractivity contribution is 7.89. The fraction of sp³-hybridized carbons (Fsp3) is 0.231. The molecule has 4 nitrogen and oxygen atoms in total. The van der Waals surface area contributed by atoms with E-state index >= 15 is 0 Å². The lowest BCUT2D eigenvalue weighted by Gasteiger charge is -2.07. The molecule has 2 aromatic rings. The lowest BCUT2D eigenvalue weighted by molar-refractivity contribution is 0.581. The molecule has 0 aliphatic carbocycles. The van der Waals surface area contributed by atoms with Gasteiger partial charge < -0.3 is 5.73 Å². The Balaban J connectivity index is 2.11. The minimum atomic E-state index is -3.46. The Morgan fingerprint density at radius 1 is 1.21 bits per heavy atom. The number of sulfonamides is 1. The van der Waals surface area contributed by atoms with Gasteiger partial charge in [0.05, 0.1) is 4.90 Å². The Morgan fingerprint density at radius 3 is 2.42 bits per heavy atom. The molecule has 0 fully saturated rings. The van der Waals surface area contributed by atoms with Gasteiger partial charge in [0.2, 0.25) is 10.0 Å². The first-order valence-corrected chi connectivity index (χ1v) is 8.26. The highest BCUT2D eigenvalue weighted by atomic mass is 32.2. The summed E-state index contributed by atoms with van der Waals surface area (Å²) in [4.78, 5) is 0.262. The van der Waals surface area contributed by atoms with Crippen LogP contribution in [0, 0.1) is 6.92 Å². The van der Waals surface area contributed by atoms with Crippen LogP contribution in [0.4, 0.5) is 0 Å². The van der Waals surface area contributed by atoms with Crippen molar-refractivity contribution in [2.45, 2.75) is 24.9 Å². The van der Waals surface area contributed by atoms with Gasteiger partial charge in [-0.3, -0.25) is 0 Å². The molecular formula is C13H16N2O2S2. The second kappa shape index (κ2) is 5.83. The Hall–Kier alpha value is -1.21. The van der Waals surface area contributed by atoms with E-state index in [0.717, 1.165) is 16.7 Å². The van der Waals surface area contributed by atoms with E-state index in [-0.39, 0.29) is 4.90 Å². The van der Waals surface area contributed by atoms with Crippen LogP contribution in [0.3, 0.4) is 0 Å². The molecule has 0 spiro atoms. The number of rotatable bonds is 5. The van der Waals surface area contributed by atoms with Crippen LogP contribution < -0.4 is 10.5 Å². The van der Waals surface area contributed by atoms with Gasteiger partial charge in [-0.1, -0.05) is 12.1 Å². The smallest absolute Gasteiger partial charge is 0.240 e. The number of benzene rings is 1. The summed E-state index contributed by atoms with van der Waals surface area (Å²) in [6.45, 7) is 2.69.